The van der Waals surface area contributed by atoms with Gasteiger partial charge < -0.3 is 20.3 Å². The van der Waals surface area contributed by atoms with Crippen molar-refractivity contribution in [3.8, 4) is 0 Å². The molecular weight excluding hydrogens is 158 g/mol. The molecule has 2 rings (SSSR count). The molecule has 12 heavy (non-hydrogen) atoms. The molecule has 0 saturated carbocycles. The molecule has 0 aliphatic carbocycles. The lowest BCUT2D eigenvalue weighted by Crippen LogP contribution is -2.50. The van der Waals surface area contributed by atoms with Gasteiger partial charge in [-0.3, -0.25) is 0 Å². The van der Waals surface area contributed by atoms with Crippen LogP contribution in [0.2, 0.25) is 0 Å². The zero-order valence-corrected chi connectivity index (χ0v) is 6.99. The zero-order valence-electron chi connectivity index (χ0n) is 6.99. The molecule has 2 heterocycles. The van der Waals surface area contributed by atoms with Crippen LogP contribution < -0.4 is 5.32 Å². The van der Waals surface area contributed by atoms with Crippen molar-refractivity contribution in [1.82, 2.24) is 5.32 Å². The predicted molar refractivity (Wildman–Crippen MR) is 42.8 cm³/mol. The molecule has 2 aliphatic heterocycles. The molecule has 0 bridgehead atoms. The molecule has 2 aliphatic rings. The third-order valence-electron chi connectivity index (χ3n) is 2.79. The molecule has 3 N–H and O–H groups in total. The summed E-state index contributed by atoms with van der Waals surface area (Å²) in [4.78, 5) is 0. The number of rotatable bonds is 0. The Hall–Kier alpha value is -0.160. The van der Waals surface area contributed by atoms with E-state index in [1.165, 1.54) is 0 Å². The Kier molecular flexibility index (Phi) is 2.08. The van der Waals surface area contributed by atoms with Gasteiger partial charge in [-0.25, -0.2) is 0 Å². The minimum atomic E-state index is -0.698. The Balaban J connectivity index is 2.01. The average Bonchev–Trinajstić information content (AvgIpc) is 2.47. The summed E-state index contributed by atoms with van der Waals surface area (Å²) >= 11 is 0. The Labute approximate surface area is 71.5 Å². The summed E-state index contributed by atoms with van der Waals surface area (Å²) in [5.74, 6) is 0. The van der Waals surface area contributed by atoms with Crippen LogP contribution in [0.5, 0.6) is 0 Å². The average molecular weight is 173 g/mol. The number of hydrogen-bond acceptors (Lipinski definition) is 4. The van der Waals surface area contributed by atoms with Gasteiger partial charge in [0.05, 0.1) is 18.3 Å². The molecule has 0 aromatic carbocycles. The van der Waals surface area contributed by atoms with E-state index in [1.54, 1.807) is 0 Å². The van der Waals surface area contributed by atoms with Crippen LogP contribution in [0.15, 0.2) is 0 Å². The van der Waals surface area contributed by atoms with Crippen LogP contribution in [0, 0.1) is 0 Å². The van der Waals surface area contributed by atoms with Gasteiger partial charge in [0.15, 0.2) is 0 Å². The fourth-order valence-electron chi connectivity index (χ4n) is 1.97. The standard InChI is InChI=1S/C8H15NO3/c10-6-3-8(1-2-9-5-8)12-4-7(6)11/h6-7,9-11H,1-5H2/t6-,7+,8?/m1/s1. The van der Waals surface area contributed by atoms with Gasteiger partial charge in [0.1, 0.15) is 6.10 Å². The van der Waals surface area contributed by atoms with Gasteiger partial charge in [-0.15, -0.1) is 0 Å². The lowest BCUT2D eigenvalue weighted by atomic mass is 9.90. The number of hydrogen-bond donors (Lipinski definition) is 3. The highest BCUT2D eigenvalue weighted by atomic mass is 16.5. The summed E-state index contributed by atoms with van der Waals surface area (Å²) in [5, 5.41) is 21.9. The van der Waals surface area contributed by atoms with Crippen LogP contribution in [-0.2, 0) is 4.74 Å². The first-order chi connectivity index (χ1) is 5.72. The number of nitrogens with one attached hydrogen (secondary N) is 1. The molecule has 0 aromatic rings. The highest BCUT2D eigenvalue weighted by Crippen LogP contribution is 2.30. The summed E-state index contributed by atoms with van der Waals surface area (Å²) in [7, 11) is 0. The van der Waals surface area contributed by atoms with Crippen LogP contribution in [0.25, 0.3) is 0 Å². The quantitative estimate of drug-likeness (QED) is 0.433. The molecule has 4 heteroatoms. The highest BCUT2D eigenvalue weighted by Gasteiger charge is 2.42. The summed E-state index contributed by atoms with van der Waals surface area (Å²) in [6.07, 6.45) is 0.188. The summed E-state index contributed by atoms with van der Waals surface area (Å²) in [6.45, 7) is 2.02. The van der Waals surface area contributed by atoms with E-state index in [2.05, 4.69) is 5.32 Å². The third kappa shape index (κ3) is 1.35. The Morgan fingerprint density at radius 1 is 1.33 bits per heavy atom. The van der Waals surface area contributed by atoms with Crippen molar-refractivity contribution in [2.75, 3.05) is 19.7 Å². The minimum absolute atomic E-state index is 0.196. The molecule has 3 atom stereocenters. The summed E-state index contributed by atoms with van der Waals surface area (Å²) < 4.78 is 5.54. The van der Waals surface area contributed by atoms with E-state index in [-0.39, 0.29) is 12.2 Å². The van der Waals surface area contributed by atoms with E-state index in [1.807, 2.05) is 0 Å². The van der Waals surface area contributed by atoms with Crippen molar-refractivity contribution in [1.29, 1.82) is 0 Å². The van der Waals surface area contributed by atoms with Gasteiger partial charge in [0.25, 0.3) is 0 Å². The van der Waals surface area contributed by atoms with Crippen molar-refractivity contribution in [3.63, 3.8) is 0 Å². The Morgan fingerprint density at radius 2 is 2.17 bits per heavy atom. The lowest BCUT2D eigenvalue weighted by Gasteiger charge is -2.38. The molecule has 1 unspecified atom stereocenters. The van der Waals surface area contributed by atoms with Crippen LogP contribution >= 0.6 is 0 Å². The van der Waals surface area contributed by atoms with E-state index >= 15 is 0 Å². The maximum absolute atomic E-state index is 9.45. The maximum Gasteiger partial charge on any atom is 0.103 e. The second-order valence-corrected chi connectivity index (χ2v) is 3.76. The van der Waals surface area contributed by atoms with Gasteiger partial charge in [-0.05, 0) is 13.0 Å². The molecule has 70 valence electrons. The largest absolute Gasteiger partial charge is 0.390 e. The van der Waals surface area contributed by atoms with Crippen LogP contribution in [0.1, 0.15) is 12.8 Å². The van der Waals surface area contributed by atoms with E-state index in [0.29, 0.717) is 6.42 Å². The lowest BCUT2D eigenvalue weighted by molar-refractivity contribution is -0.163. The monoisotopic (exact) mass is 173 g/mol. The number of aliphatic hydroxyl groups is 2. The zero-order chi connectivity index (χ0) is 8.60. The first kappa shape index (κ1) is 8.44. The van der Waals surface area contributed by atoms with Crippen molar-refractivity contribution in [3.05, 3.63) is 0 Å². The van der Waals surface area contributed by atoms with Crippen LogP contribution in [-0.4, -0.2) is 47.7 Å². The number of aliphatic hydroxyl groups excluding tert-OH is 2. The second-order valence-electron chi connectivity index (χ2n) is 3.76. The van der Waals surface area contributed by atoms with Gasteiger partial charge in [0.2, 0.25) is 0 Å². The van der Waals surface area contributed by atoms with Crippen molar-refractivity contribution >= 4 is 0 Å². The topological polar surface area (TPSA) is 61.7 Å². The van der Waals surface area contributed by atoms with Crippen molar-refractivity contribution in [2.24, 2.45) is 0 Å². The smallest absolute Gasteiger partial charge is 0.103 e. The third-order valence-corrected chi connectivity index (χ3v) is 2.79. The van der Waals surface area contributed by atoms with E-state index in [0.717, 1.165) is 19.5 Å². The van der Waals surface area contributed by atoms with Crippen molar-refractivity contribution < 1.29 is 14.9 Å². The number of ether oxygens (including phenoxy) is 1. The molecule has 4 nitrogen and oxygen atoms in total. The van der Waals surface area contributed by atoms with Crippen LogP contribution in [0.3, 0.4) is 0 Å². The minimum Gasteiger partial charge on any atom is -0.390 e. The summed E-state index contributed by atoms with van der Waals surface area (Å²) in [5.41, 5.74) is -0.196. The first-order valence-corrected chi connectivity index (χ1v) is 4.43. The first-order valence-electron chi connectivity index (χ1n) is 4.43. The fourth-order valence-corrected chi connectivity index (χ4v) is 1.97. The fraction of sp³-hybridized carbons (Fsp3) is 1.00. The second kappa shape index (κ2) is 2.96. The predicted octanol–water partition coefficient (Wildman–Crippen LogP) is -1.14. The highest BCUT2D eigenvalue weighted by molar-refractivity contribution is 4.96. The van der Waals surface area contributed by atoms with Gasteiger partial charge in [0, 0.05) is 13.0 Å². The maximum atomic E-state index is 9.45. The Morgan fingerprint density at radius 3 is 2.75 bits per heavy atom. The van der Waals surface area contributed by atoms with Crippen molar-refractivity contribution in [2.45, 2.75) is 30.7 Å². The SMILES string of the molecule is O[C@@H]1CC2(CCNC2)OC[C@@H]1O. The van der Waals surface area contributed by atoms with Crippen LogP contribution in [0.4, 0.5) is 0 Å². The molecule has 0 amide bonds. The van der Waals surface area contributed by atoms with E-state index < -0.39 is 12.2 Å². The summed E-state index contributed by atoms with van der Waals surface area (Å²) in [6, 6.07) is 0. The normalized spacial score (nSPS) is 48.5. The van der Waals surface area contributed by atoms with Gasteiger partial charge in [-0.2, -0.15) is 0 Å². The Bertz CT molecular complexity index is 168. The molecule has 2 saturated heterocycles. The molecule has 0 radical (unpaired) electrons. The van der Waals surface area contributed by atoms with Gasteiger partial charge >= 0.3 is 0 Å². The van der Waals surface area contributed by atoms with E-state index in [4.69, 9.17) is 4.74 Å². The molecule has 0 aromatic heterocycles. The molecule has 2 fully saturated rings. The van der Waals surface area contributed by atoms with Gasteiger partial charge in [-0.1, -0.05) is 0 Å². The van der Waals surface area contributed by atoms with E-state index in [9.17, 15) is 10.2 Å². The molecule has 1 spiro atoms. The molecular formula is C8H15NO3.